The monoisotopic (exact) mass is 276 g/mol. The third-order valence-electron chi connectivity index (χ3n) is 2.39. The molecule has 5 heteroatoms. The van der Waals surface area contributed by atoms with Gasteiger partial charge in [0.1, 0.15) is 6.61 Å². The van der Waals surface area contributed by atoms with Gasteiger partial charge in [-0.25, -0.2) is 4.79 Å². The average Bonchev–Trinajstić information content (AvgIpc) is 2.36. The number of amides is 1. The normalized spacial score (nSPS) is 9.95. The van der Waals surface area contributed by atoms with E-state index in [1.54, 1.807) is 36.4 Å². The summed E-state index contributed by atoms with van der Waals surface area (Å²) in [6, 6.07) is 14.0. The maximum absolute atomic E-state index is 11.6. The van der Waals surface area contributed by atoms with Crippen molar-refractivity contribution < 1.29 is 9.53 Å². The van der Waals surface area contributed by atoms with Gasteiger partial charge in [-0.2, -0.15) is 0 Å². The fraction of sp³-hybridized carbons (Fsp3) is 0.0714. The first-order chi connectivity index (χ1) is 9.13. The average molecular weight is 277 g/mol. The van der Waals surface area contributed by atoms with Gasteiger partial charge in [-0.1, -0.05) is 29.8 Å². The van der Waals surface area contributed by atoms with Crippen molar-refractivity contribution in [3.05, 3.63) is 59.1 Å². The smallest absolute Gasteiger partial charge is 0.411 e. The van der Waals surface area contributed by atoms with Crippen LogP contribution >= 0.6 is 11.6 Å². The Morgan fingerprint density at radius 2 is 2.00 bits per heavy atom. The highest BCUT2D eigenvalue weighted by Crippen LogP contribution is 2.15. The molecule has 3 N–H and O–H groups in total. The Labute approximate surface area is 116 Å². The Hall–Kier alpha value is -2.20. The van der Waals surface area contributed by atoms with Crippen LogP contribution in [0.2, 0.25) is 5.02 Å². The van der Waals surface area contributed by atoms with Crippen LogP contribution in [0.3, 0.4) is 0 Å². The molecular weight excluding hydrogens is 264 g/mol. The van der Waals surface area contributed by atoms with E-state index in [1.807, 2.05) is 12.1 Å². The van der Waals surface area contributed by atoms with Crippen molar-refractivity contribution >= 4 is 29.1 Å². The van der Waals surface area contributed by atoms with Crippen molar-refractivity contribution in [2.24, 2.45) is 0 Å². The molecule has 19 heavy (non-hydrogen) atoms. The van der Waals surface area contributed by atoms with E-state index in [-0.39, 0.29) is 6.61 Å². The molecule has 2 rings (SSSR count). The van der Waals surface area contributed by atoms with Crippen LogP contribution in [0.4, 0.5) is 16.2 Å². The number of nitrogens with one attached hydrogen (secondary N) is 1. The second-order valence-electron chi connectivity index (χ2n) is 3.96. The van der Waals surface area contributed by atoms with Crippen LogP contribution in [-0.4, -0.2) is 6.09 Å². The van der Waals surface area contributed by atoms with E-state index in [4.69, 9.17) is 22.1 Å². The molecule has 0 aliphatic carbocycles. The SMILES string of the molecule is Nc1cccc(COC(=O)Nc2cccc(Cl)c2)c1. The van der Waals surface area contributed by atoms with Crippen molar-refractivity contribution in [3.8, 4) is 0 Å². The number of halogens is 1. The van der Waals surface area contributed by atoms with Gasteiger partial charge in [0, 0.05) is 16.4 Å². The van der Waals surface area contributed by atoms with Crippen molar-refractivity contribution in [1.29, 1.82) is 0 Å². The number of carbonyl (C=O) groups excluding carboxylic acids is 1. The predicted molar refractivity (Wildman–Crippen MR) is 76.1 cm³/mol. The number of rotatable bonds is 3. The van der Waals surface area contributed by atoms with E-state index in [2.05, 4.69) is 5.32 Å². The van der Waals surface area contributed by atoms with E-state index in [0.29, 0.717) is 16.4 Å². The van der Waals surface area contributed by atoms with E-state index in [1.165, 1.54) is 0 Å². The lowest BCUT2D eigenvalue weighted by Gasteiger charge is -2.07. The third-order valence-corrected chi connectivity index (χ3v) is 2.63. The van der Waals surface area contributed by atoms with Crippen LogP contribution in [0, 0.1) is 0 Å². The molecule has 98 valence electrons. The molecule has 0 radical (unpaired) electrons. The number of nitrogen functional groups attached to an aromatic ring is 1. The summed E-state index contributed by atoms with van der Waals surface area (Å²) >= 11 is 5.81. The zero-order valence-electron chi connectivity index (χ0n) is 10.1. The van der Waals surface area contributed by atoms with Crippen LogP contribution in [0.25, 0.3) is 0 Å². The zero-order valence-corrected chi connectivity index (χ0v) is 10.9. The third kappa shape index (κ3) is 4.19. The van der Waals surface area contributed by atoms with Crippen LogP contribution in [0.1, 0.15) is 5.56 Å². The van der Waals surface area contributed by atoms with Crippen molar-refractivity contribution in [3.63, 3.8) is 0 Å². The minimum Gasteiger partial charge on any atom is -0.444 e. The van der Waals surface area contributed by atoms with Gasteiger partial charge < -0.3 is 10.5 Å². The summed E-state index contributed by atoms with van der Waals surface area (Å²) in [4.78, 5) is 11.6. The Bertz CT molecular complexity index is 587. The van der Waals surface area contributed by atoms with Gasteiger partial charge in [-0.15, -0.1) is 0 Å². The highest BCUT2D eigenvalue weighted by molar-refractivity contribution is 6.30. The van der Waals surface area contributed by atoms with Crippen LogP contribution in [0.15, 0.2) is 48.5 Å². The number of hydrogen-bond acceptors (Lipinski definition) is 3. The van der Waals surface area contributed by atoms with E-state index >= 15 is 0 Å². The molecule has 0 atom stereocenters. The molecule has 0 aromatic heterocycles. The second-order valence-corrected chi connectivity index (χ2v) is 4.39. The molecule has 1 amide bonds. The summed E-state index contributed by atoms with van der Waals surface area (Å²) in [6.07, 6.45) is -0.537. The van der Waals surface area contributed by atoms with Gasteiger partial charge in [0.15, 0.2) is 0 Å². The first kappa shape index (κ1) is 13.2. The van der Waals surface area contributed by atoms with E-state index < -0.39 is 6.09 Å². The quantitative estimate of drug-likeness (QED) is 0.841. The number of hydrogen-bond donors (Lipinski definition) is 2. The Balaban J connectivity index is 1.88. The van der Waals surface area contributed by atoms with Crippen molar-refractivity contribution in [2.45, 2.75) is 6.61 Å². The van der Waals surface area contributed by atoms with Crippen LogP contribution in [-0.2, 0) is 11.3 Å². The number of ether oxygens (including phenoxy) is 1. The van der Waals surface area contributed by atoms with Crippen LogP contribution < -0.4 is 11.1 Å². The second kappa shape index (κ2) is 6.11. The van der Waals surface area contributed by atoms with Crippen molar-refractivity contribution in [1.82, 2.24) is 0 Å². The predicted octanol–water partition coefficient (Wildman–Crippen LogP) is 3.67. The molecule has 0 spiro atoms. The number of anilines is 2. The Kier molecular flexibility index (Phi) is 4.26. The summed E-state index contributed by atoms with van der Waals surface area (Å²) in [7, 11) is 0. The van der Waals surface area contributed by atoms with E-state index in [0.717, 1.165) is 5.56 Å². The lowest BCUT2D eigenvalue weighted by molar-refractivity contribution is 0.155. The van der Waals surface area contributed by atoms with Gasteiger partial charge in [-0.05, 0) is 35.9 Å². The fourth-order valence-electron chi connectivity index (χ4n) is 1.55. The van der Waals surface area contributed by atoms with Gasteiger partial charge in [0.25, 0.3) is 0 Å². The highest BCUT2D eigenvalue weighted by atomic mass is 35.5. The maximum Gasteiger partial charge on any atom is 0.411 e. The lowest BCUT2D eigenvalue weighted by atomic mass is 10.2. The summed E-state index contributed by atoms with van der Waals surface area (Å²) in [5, 5.41) is 3.14. The van der Waals surface area contributed by atoms with Crippen molar-refractivity contribution in [2.75, 3.05) is 11.1 Å². The zero-order chi connectivity index (χ0) is 13.7. The lowest BCUT2D eigenvalue weighted by Crippen LogP contribution is -2.13. The largest absolute Gasteiger partial charge is 0.444 e. The number of benzene rings is 2. The summed E-state index contributed by atoms with van der Waals surface area (Å²) in [5.41, 5.74) is 7.69. The molecule has 2 aromatic rings. The molecule has 0 saturated carbocycles. The molecule has 2 aromatic carbocycles. The topological polar surface area (TPSA) is 64.3 Å². The van der Waals surface area contributed by atoms with E-state index in [9.17, 15) is 4.79 Å². The molecule has 0 heterocycles. The summed E-state index contributed by atoms with van der Waals surface area (Å²) in [6.45, 7) is 0.164. The van der Waals surface area contributed by atoms with Gasteiger partial charge in [0.05, 0.1) is 0 Å². The molecule has 0 aliphatic rings. The first-order valence-corrected chi connectivity index (χ1v) is 6.05. The molecule has 0 saturated heterocycles. The molecule has 0 aliphatic heterocycles. The Morgan fingerprint density at radius 1 is 1.21 bits per heavy atom. The molecule has 0 unspecified atom stereocenters. The highest BCUT2D eigenvalue weighted by Gasteiger charge is 2.04. The minimum absolute atomic E-state index is 0.164. The Morgan fingerprint density at radius 3 is 2.74 bits per heavy atom. The molecular formula is C14H13ClN2O2. The number of carbonyl (C=O) groups is 1. The number of nitrogens with two attached hydrogens (primary N) is 1. The molecule has 4 nitrogen and oxygen atoms in total. The fourth-order valence-corrected chi connectivity index (χ4v) is 1.74. The summed E-state index contributed by atoms with van der Waals surface area (Å²) in [5.74, 6) is 0. The first-order valence-electron chi connectivity index (χ1n) is 5.67. The van der Waals surface area contributed by atoms with Gasteiger partial charge in [0.2, 0.25) is 0 Å². The van der Waals surface area contributed by atoms with Gasteiger partial charge in [-0.3, -0.25) is 5.32 Å². The molecule has 0 fully saturated rings. The van der Waals surface area contributed by atoms with Crippen LogP contribution in [0.5, 0.6) is 0 Å². The standard InChI is InChI=1S/C14H13ClN2O2/c15-11-4-2-6-13(8-11)17-14(18)19-9-10-3-1-5-12(16)7-10/h1-8H,9,16H2,(H,17,18). The summed E-state index contributed by atoms with van der Waals surface area (Å²) < 4.78 is 5.08. The minimum atomic E-state index is -0.537. The van der Waals surface area contributed by atoms with Gasteiger partial charge >= 0.3 is 6.09 Å². The molecule has 0 bridgehead atoms. The maximum atomic E-state index is 11.6.